The predicted octanol–water partition coefficient (Wildman–Crippen LogP) is -0.685. The van der Waals surface area contributed by atoms with E-state index in [2.05, 4.69) is 9.71 Å². The Morgan fingerprint density at radius 1 is 1.60 bits per heavy atom. The Labute approximate surface area is 89.0 Å². The summed E-state index contributed by atoms with van der Waals surface area (Å²) >= 11 is 0. The maximum absolute atomic E-state index is 10.7. The van der Waals surface area contributed by atoms with Gasteiger partial charge in [0.2, 0.25) is 10.0 Å². The van der Waals surface area contributed by atoms with Gasteiger partial charge in [0, 0.05) is 13.1 Å². The topological polar surface area (TPSA) is 84.2 Å². The molecule has 0 amide bonds. The van der Waals surface area contributed by atoms with Crippen LogP contribution in [-0.4, -0.2) is 35.9 Å². The minimum absolute atomic E-state index is 0.0560. The van der Waals surface area contributed by atoms with Crippen molar-refractivity contribution in [3.05, 3.63) is 18.2 Å². The van der Waals surface area contributed by atoms with Crippen molar-refractivity contribution >= 4 is 10.0 Å². The van der Waals surface area contributed by atoms with Gasteiger partial charge in [0.25, 0.3) is 0 Å². The molecule has 1 rings (SSSR count). The summed E-state index contributed by atoms with van der Waals surface area (Å²) in [7, 11) is -3.11. The smallest absolute Gasteiger partial charge is 0.208 e. The Morgan fingerprint density at radius 3 is 2.93 bits per heavy atom. The molecule has 0 aliphatic rings. The lowest BCUT2D eigenvalue weighted by molar-refractivity contribution is 0.270. The Balaban J connectivity index is 2.32. The molecule has 0 unspecified atom stereocenters. The minimum Gasteiger partial charge on any atom is -0.390 e. The quantitative estimate of drug-likeness (QED) is 0.637. The van der Waals surface area contributed by atoms with Gasteiger partial charge in [0.1, 0.15) is 0 Å². The molecule has 0 fully saturated rings. The first-order valence-corrected chi connectivity index (χ1v) is 6.46. The monoisotopic (exact) mass is 233 g/mol. The highest BCUT2D eigenvalue weighted by atomic mass is 32.2. The third-order valence-electron chi connectivity index (χ3n) is 1.90. The second kappa shape index (κ2) is 5.24. The molecule has 6 nitrogen and oxygen atoms in total. The third-order valence-corrected chi connectivity index (χ3v) is 2.63. The van der Waals surface area contributed by atoms with Crippen LogP contribution in [0.5, 0.6) is 0 Å². The maximum Gasteiger partial charge on any atom is 0.208 e. The second-order valence-corrected chi connectivity index (χ2v) is 5.09. The van der Waals surface area contributed by atoms with Crippen molar-refractivity contribution in [2.75, 3.05) is 12.8 Å². The summed E-state index contributed by atoms with van der Waals surface area (Å²) < 4.78 is 25.7. The second-order valence-electron chi connectivity index (χ2n) is 3.26. The summed E-state index contributed by atoms with van der Waals surface area (Å²) in [5.74, 6) is 0. The molecule has 1 heterocycles. The molecule has 15 heavy (non-hydrogen) atoms. The molecule has 0 aliphatic heterocycles. The number of aliphatic hydroxyl groups is 1. The summed E-state index contributed by atoms with van der Waals surface area (Å²) in [6.07, 6.45) is 5.00. The first-order chi connectivity index (χ1) is 7.03. The molecule has 1 aromatic rings. The largest absolute Gasteiger partial charge is 0.390 e. The number of aromatic nitrogens is 2. The Bertz CT molecular complexity index is 399. The number of hydrogen-bond donors (Lipinski definition) is 2. The number of aryl methyl sites for hydroxylation is 1. The van der Waals surface area contributed by atoms with Crippen molar-refractivity contribution in [1.82, 2.24) is 14.3 Å². The fourth-order valence-corrected chi connectivity index (χ4v) is 1.70. The standard InChI is InChI=1S/C8H15N3O3S/c1-15(13,14)10-3-2-4-11-7-9-5-8(11)6-12/h5,7,10,12H,2-4,6H2,1H3. The summed E-state index contributed by atoms with van der Waals surface area (Å²) in [6, 6.07) is 0. The molecular formula is C8H15N3O3S. The molecule has 2 N–H and O–H groups in total. The Morgan fingerprint density at radius 2 is 2.33 bits per heavy atom. The normalized spacial score (nSPS) is 11.9. The van der Waals surface area contributed by atoms with Crippen LogP contribution in [-0.2, 0) is 23.2 Å². The molecule has 0 atom stereocenters. The van der Waals surface area contributed by atoms with Crippen LogP contribution in [0.3, 0.4) is 0 Å². The van der Waals surface area contributed by atoms with Crippen molar-refractivity contribution in [2.45, 2.75) is 19.6 Å². The van der Waals surface area contributed by atoms with Crippen LogP contribution in [0.2, 0.25) is 0 Å². The average molecular weight is 233 g/mol. The van der Waals surface area contributed by atoms with Gasteiger partial charge in [-0.05, 0) is 6.42 Å². The SMILES string of the molecule is CS(=O)(=O)NCCCn1cncc1CO. The highest BCUT2D eigenvalue weighted by Gasteiger charge is 2.01. The predicted molar refractivity (Wildman–Crippen MR) is 55.6 cm³/mol. The van der Waals surface area contributed by atoms with Gasteiger partial charge in [-0.2, -0.15) is 0 Å². The summed E-state index contributed by atoms with van der Waals surface area (Å²) in [6.45, 7) is 0.972. The summed E-state index contributed by atoms with van der Waals surface area (Å²) in [5, 5.41) is 8.92. The lowest BCUT2D eigenvalue weighted by atomic mass is 10.4. The van der Waals surface area contributed by atoms with Gasteiger partial charge >= 0.3 is 0 Å². The van der Waals surface area contributed by atoms with Gasteiger partial charge in [0.15, 0.2) is 0 Å². The van der Waals surface area contributed by atoms with E-state index in [1.54, 1.807) is 17.1 Å². The molecule has 0 bridgehead atoms. The molecule has 0 spiro atoms. The van der Waals surface area contributed by atoms with E-state index < -0.39 is 10.0 Å². The van der Waals surface area contributed by atoms with E-state index in [9.17, 15) is 8.42 Å². The van der Waals surface area contributed by atoms with Gasteiger partial charge in [-0.3, -0.25) is 0 Å². The van der Waals surface area contributed by atoms with E-state index >= 15 is 0 Å². The average Bonchev–Trinajstić information content (AvgIpc) is 2.58. The van der Waals surface area contributed by atoms with Crippen molar-refractivity contribution in [1.29, 1.82) is 0 Å². The lowest BCUT2D eigenvalue weighted by Crippen LogP contribution is -2.24. The van der Waals surface area contributed by atoms with E-state index in [4.69, 9.17) is 5.11 Å². The van der Waals surface area contributed by atoms with E-state index in [-0.39, 0.29) is 6.61 Å². The molecule has 86 valence electrons. The maximum atomic E-state index is 10.7. The highest BCUT2D eigenvalue weighted by Crippen LogP contribution is 1.99. The molecular weight excluding hydrogens is 218 g/mol. The Hall–Kier alpha value is -0.920. The summed E-state index contributed by atoms with van der Waals surface area (Å²) in [5.41, 5.74) is 0.731. The van der Waals surface area contributed by atoms with E-state index in [1.165, 1.54) is 0 Å². The number of imidazole rings is 1. The van der Waals surface area contributed by atoms with Crippen LogP contribution in [0.25, 0.3) is 0 Å². The van der Waals surface area contributed by atoms with Crippen molar-refractivity contribution < 1.29 is 13.5 Å². The molecule has 1 aromatic heterocycles. The van der Waals surface area contributed by atoms with Crippen LogP contribution in [0, 0.1) is 0 Å². The van der Waals surface area contributed by atoms with Crippen molar-refractivity contribution in [2.24, 2.45) is 0 Å². The number of sulfonamides is 1. The van der Waals surface area contributed by atoms with Crippen LogP contribution >= 0.6 is 0 Å². The van der Waals surface area contributed by atoms with Gasteiger partial charge in [0.05, 0.1) is 31.1 Å². The molecule has 0 radical (unpaired) electrons. The van der Waals surface area contributed by atoms with Crippen molar-refractivity contribution in [3.8, 4) is 0 Å². The number of hydrogen-bond acceptors (Lipinski definition) is 4. The van der Waals surface area contributed by atoms with Crippen LogP contribution in [0.4, 0.5) is 0 Å². The van der Waals surface area contributed by atoms with E-state index in [0.29, 0.717) is 19.5 Å². The molecule has 7 heteroatoms. The number of nitrogens with zero attached hydrogens (tertiary/aromatic N) is 2. The van der Waals surface area contributed by atoms with Crippen LogP contribution in [0.15, 0.2) is 12.5 Å². The van der Waals surface area contributed by atoms with Gasteiger partial charge in [-0.25, -0.2) is 18.1 Å². The number of rotatable bonds is 6. The number of aliphatic hydroxyl groups excluding tert-OH is 1. The molecule has 0 saturated heterocycles. The molecule has 0 saturated carbocycles. The van der Waals surface area contributed by atoms with Crippen LogP contribution < -0.4 is 4.72 Å². The zero-order chi connectivity index (χ0) is 11.3. The number of nitrogens with one attached hydrogen (secondary N) is 1. The van der Waals surface area contributed by atoms with E-state index in [1.807, 2.05) is 0 Å². The summed E-state index contributed by atoms with van der Waals surface area (Å²) in [4.78, 5) is 3.88. The fourth-order valence-electron chi connectivity index (χ4n) is 1.19. The van der Waals surface area contributed by atoms with Gasteiger partial charge < -0.3 is 9.67 Å². The van der Waals surface area contributed by atoms with Crippen molar-refractivity contribution in [3.63, 3.8) is 0 Å². The zero-order valence-corrected chi connectivity index (χ0v) is 9.37. The van der Waals surface area contributed by atoms with Gasteiger partial charge in [-0.1, -0.05) is 0 Å². The first-order valence-electron chi connectivity index (χ1n) is 4.57. The lowest BCUT2D eigenvalue weighted by Gasteiger charge is -2.06. The van der Waals surface area contributed by atoms with Crippen LogP contribution in [0.1, 0.15) is 12.1 Å². The van der Waals surface area contributed by atoms with E-state index in [0.717, 1.165) is 11.9 Å². The molecule has 0 aliphatic carbocycles. The third kappa shape index (κ3) is 4.41. The van der Waals surface area contributed by atoms with Gasteiger partial charge in [-0.15, -0.1) is 0 Å². The Kier molecular flexibility index (Phi) is 4.25. The highest BCUT2D eigenvalue weighted by molar-refractivity contribution is 7.88. The molecule has 0 aromatic carbocycles. The first kappa shape index (κ1) is 12.2. The fraction of sp³-hybridized carbons (Fsp3) is 0.625. The minimum atomic E-state index is -3.11. The zero-order valence-electron chi connectivity index (χ0n) is 8.55.